The number of amides is 1. The molecule has 0 saturated heterocycles. The average Bonchev–Trinajstić information content (AvgIpc) is 3.31. The van der Waals surface area contributed by atoms with E-state index in [-0.39, 0.29) is 12.4 Å². The molecule has 0 radical (unpaired) electrons. The molecule has 1 aliphatic carbocycles. The lowest BCUT2D eigenvalue weighted by Gasteiger charge is -2.37. The second-order valence-corrected chi connectivity index (χ2v) is 11.4. The molecule has 10 heteroatoms. The number of benzene rings is 2. The summed E-state index contributed by atoms with van der Waals surface area (Å²) in [5, 5.41) is 2.26. The van der Waals surface area contributed by atoms with Gasteiger partial charge in [-0.3, -0.25) is 9.88 Å². The van der Waals surface area contributed by atoms with E-state index in [1.807, 2.05) is 24.3 Å². The third-order valence-corrected chi connectivity index (χ3v) is 7.10. The van der Waals surface area contributed by atoms with Crippen molar-refractivity contribution in [2.75, 3.05) is 26.2 Å². The van der Waals surface area contributed by atoms with Gasteiger partial charge in [0.2, 0.25) is 0 Å². The quantitative estimate of drug-likeness (QED) is 0.296. The summed E-state index contributed by atoms with van der Waals surface area (Å²) in [4.78, 5) is 37.2. The number of carbonyl (C=O) groups is 2. The van der Waals surface area contributed by atoms with Gasteiger partial charge in [0, 0.05) is 19.1 Å². The first-order chi connectivity index (χ1) is 19.6. The number of halogens is 1. The second-order valence-electron chi connectivity index (χ2n) is 11.4. The number of nitrogens with zero attached hydrogens (tertiary/aromatic N) is 1. The van der Waals surface area contributed by atoms with E-state index in [2.05, 4.69) is 21.3 Å². The largest absolute Gasteiger partial charge is 0.444 e. The predicted octanol–water partition coefficient (Wildman–Crippen LogP) is 4.89. The fourth-order valence-corrected chi connectivity index (χ4v) is 5.21. The maximum atomic E-state index is 13.1. The highest BCUT2D eigenvalue weighted by Gasteiger charge is 2.26. The Hall–Kier alpha value is -3.50. The molecular weight excluding hydrogens is 527 g/mol. The second kappa shape index (κ2) is 15.5. The maximum absolute atomic E-state index is 13.1. The van der Waals surface area contributed by atoms with Crippen molar-refractivity contribution in [2.45, 2.75) is 76.9 Å². The number of alkyl carbamates (subject to hydrolysis) is 1. The van der Waals surface area contributed by atoms with Gasteiger partial charge in [0.25, 0.3) is 0 Å². The lowest BCUT2D eigenvalue weighted by Crippen LogP contribution is -2.41. The highest BCUT2D eigenvalue weighted by molar-refractivity contribution is 5.73. The SMILES string of the molecule is CC(C)(C)OC(=O)NCC=O.NCCN(CCCc1ccc(F)cc1)C1CCC(c2ccc3[nH]c(=O)oc3c2)CC1. The molecule has 4 N–H and O–H groups in total. The van der Waals surface area contributed by atoms with E-state index in [9.17, 15) is 18.8 Å². The summed E-state index contributed by atoms with van der Waals surface area (Å²) >= 11 is 0. The number of fused-ring (bicyclic) bond motifs is 1. The van der Waals surface area contributed by atoms with Gasteiger partial charge in [-0.1, -0.05) is 18.2 Å². The van der Waals surface area contributed by atoms with Gasteiger partial charge in [0.1, 0.15) is 17.7 Å². The van der Waals surface area contributed by atoms with Crippen molar-refractivity contribution < 1.29 is 23.1 Å². The molecule has 2 aromatic carbocycles. The van der Waals surface area contributed by atoms with Crippen LogP contribution >= 0.6 is 0 Å². The van der Waals surface area contributed by atoms with Crippen molar-refractivity contribution in [2.24, 2.45) is 5.73 Å². The zero-order valence-electron chi connectivity index (χ0n) is 24.3. The number of aromatic nitrogens is 1. The first kappa shape index (κ1) is 32.0. The highest BCUT2D eigenvalue weighted by Crippen LogP contribution is 2.35. The molecule has 1 heterocycles. The normalized spacial score (nSPS) is 17.1. The van der Waals surface area contributed by atoms with Gasteiger partial charge < -0.3 is 25.0 Å². The fourth-order valence-electron chi connectivity index (χ4n) is 5.21. The molecule has 1 aromatic heterocycles. The highest BCUT2D eigenvalue weighted by atomic mass is 19.1. The van der Waals surface area contributed by atoms with Crippen molar-refractivity contribution in [1.82, 2.24) is 15.2 Å². The van der Waals surface area contributed by atoms with Crippen LogP contribution in [0.2, 0.25) is 0 Å². The van der Waals surface area contributed by atoms with E-state index in [4.69, 9.17) is 14.9 Å². The number of aldehydes is 1. The number of ether oxygens (including phenoxy) is 1. The van der Waals surface area contributed by atoms with Crippen molar-refractivity contribution in [1.29, 1.82) is 0 Å². The monoisotopic (exact) mass is 570 g/mol. The first-order valence-electron chi connectivity index (χ1n) is 14.3. The number of hydrogen-bond donors (Lipinski definition) is 3. The zero-order chi connectivity index (χ0) is 29.8. The van der Waals surface area contributed by atoms with Gasteiger partial charge in [-0.15, -0.1) is 0 Å². The van der Waals surface area contributed by atoms with Crippen molar-refractivity contribution >= 4 is 23.5 Å². The summed E-state index contributed by atoms with van der Waals surface area (Å²) in [7, 11) is 0. The lowest BCUT2D eigenvalue weighted by molar-refractivity contribution is -0.107. The van der Waals surface area contributed by atoms with Crippen LogP contribution in [-0.4, -0.2) is 60.1 Å². The standard InChI is InChI=1S/C24H30FN3O2.C7H13NO3/c25-20-8-3-17(4-9-20)2-1-14-28(15-13-26)21-10-5-18(6-11-21)19-7-12-22-23(16-19)30-24(29)27-22;1-7(2,3)11-6(10)8-4-5-9/h3-4,7-9,12,16,18,21H,1-2,5-6,10-11,13-15,26H2,(H,27,29);5H,4H2,1-3H3,(H,8,10). The topological polar surface area (TPSA) is 131 Å². The van der Waals surface area contributed by atoms with Gasteiger partial charge >= 0.3 is 11.8 Å². The molecule has 0 unspecified atom stereocenters. The minimum absolute atomic E-state index is 0.00505. The fraction of sp³-hybridized carbons (Fsp3) is 0.516. The minimum atomic E-state index is -0.565. The van der Waals surface area contributed by atoms with E-state index >= 15 is 0 Å². The molecular formula is C31H43FN4O5. The minimum Gasteiger partial charge on any atom is -0.444 e. The summed E-state index contributed by atoms with van der Waals surface area (Å²) in [5.74, 6) is -0.0771. The van der Waals surface area contributed by atoms with Crippen LogP contribution in [-0.2, 0) is 16.0 Å². The molecule has 41 heavy (non-hydrogen) atoms. The first-order valence-corrected chi connectivity index (χ1v) is 14.3. The molecule has 0 spiro atoms. The predicted molar refractivity (Wildman–Crippen MR) is 157 cm³/mol. The summed E-state index contributed by atoms with van der Waals surface area (Å²) in [6, 6.07) is 13.4. The third kappa shape index (κ3) is 10.8. The molecule has 3 aromatic rings. The Morgan fingerprint density at radius 3 is 2.49 bits per heavy atom. The maximum Gasteiger partial charge on any atom is 0.417 e. The van der Waals surface area contributed by atoms with E-state index in [0.717, 1.165) is 57.1 Å². The van der Waals surface area contributed by atoms with Crippen LogP contribution in [0.5, 0.6) is 0 Å². The van der Waals surface area contributed by atoms with Crippen LogP contribution in [0.4, 0.5) is 9.18 Å². The molecule has 0 aliphatic heterocycles. The average molecular weight is 571 g/mol. The van der Waals surface area contributed by atoms with Crippen LogP contribution in [0.3, 0.4) is 0 Å². The molecule has 224 valence electrons. The van der Waals surface area contributed by atoms with Gasteiger partial charge in [0.05, 0.1) is 12.1 Å². The summed E-state index contributed by atoms with van der Waals surface area (Å²) in [6.45, 7) is 7.87. The van der Waals surface area contributed by atoms with Crippen LogP contribution in [0.25, 0.3) is 11.1 Å². The summed E-state index contributed by atoms with van der Waals surface area (Å²) < 4.78 is 23.1. The Labute approximate surface area is 240 Å². The number of rotatable bonds is 10. The number of hydrogen-bond acceptors (Lipinski definition) is 7. The molecule has 1 saturated carbocycles. The number of oxazole rings is 1. The van der Waals surface area contributed by atoms with Crippen molar-refractivity contribution in [3.63, 3.8) is 0 Å². The molecule has 0 atom stereocenters. The molecule has 1 amide bonds. The number of carbonyl (C=O) groups excluding carboxylic acids is 2. The number of H-pyrrole nitrogens is 1. The molecule has 1 fully saturated rings. The number of aryl methyl sites for hydroxylation is 1. The van der Waals surface area contributed by atoms with E-state index in [0.29, 0.717) is 30.4 Å². The van der Waals surface area contributed by atoms with E-state index in [1.165, 1.54) is 23.3 Å². The van der Waals surface area contributed by atoms with E-state index in [1.54, 1.807) is 20.8 Å². The van der Waals surface area contributed by atoms with Crippen LogP contribution < -0.4 is 16.8 Å². The van der Waals surface area contributed by atoms with Gasteiger partial charge in [-0.05, 0) is 107 Å². The van der Waals surface area contributed by atoms with Crippen molar-refractivity contribution in [3.8, 4) is 0 Å². The van der Waals surface area contributed by atoms with Gasteiger partial charge in [-0.2, -0.15) is 0 Å². The number of nitrogens with one attached hydrogen (secondary N) is 2. The Kier molecular flexibility index (Phi) is 12.1. The van der Waals surface area contributed by atoms with Crippen LogP contribution in [0.15, 0.2) is 51.7 Å². The molecule has 0 bridgehead atoms. The Balaban J connectivity index is 0.000000358. The lowest BCUT2D eigenvalue weighted by atomic mass is 9.81. The molecule has 1 aliphatic rings. The Morgan fingerprint density at radius 2 is 1.85 bits per heavy atom. The van der Waals surface area contributed by atoms with Gasteiger partial charge in [0.15, 0.2) is 5.58 Å². The van der Waals surface area contributed by atoms with Crippen LogP contribution in [0.1, 0.15) is 69.9 Å². The summed E-state index contributed by atoms with van der Waals surface area (Å²) in [6.07, 6.45) is 6.60. The molecule has 9 nitrogen and oxygen atoms in total. The van der Waals surface area contributed by atoms with Crippen molar-refractivity contribution in [3.05, 3.63) is 70.0 Å². The zero-order valence-corrected chi connectivity index (χ0v) is 24.3. The Morgan fingerprint density at radius 1 is 1.15 bits per heavy atom. The molecule has 4 rings (SSSR count). The van der Waals surface area contributed by atoms with E-state index < -0.39 is 17.5 Å². The summed E-state index contributed by atoms with van der Waals surface area (Å²) in [5.41, 5.74) is 9.22. The van der Waals surface area contributed by atoms with Crippen LogP contribution in [0, 0.1) is 5.82 Å². The smallest absolute Gasteiger partial charge is 0.417 e. The number of nitrogens with two attached hydrogens (primary N) is 1. The van der Waals surface area contributed by atoms with Gasteiger partial charge in [-0.25, -0.2) is 14.0 Å². The Bertz CT molecular complexity index is 1290. The number of aromatic amines is 1. The third-order valence-electron chi connectivity index (χ3n) is 7.10.